The number of hydrogen-bond donors (Lipinski definition) is 2. The summed E-state index contributed by atoms with van der Waals surface area (Å²) in [5.74, 6) is 0.0348. The zero-order chi connectivity index (χ0) is 26.4. The van der Waals surface area contributed by atoms with Gasteiger partial charge in [-0.1, -0.05) is 12.8 Å². The van der Waals surface area contributed by atoms with Gasteiger partial charge in [0.25, 0.3) is 5.91 Å². The first-order valence-electron chi connectivity index (χ1n) is 12.7. The lowest BCUT2D eigenvalue weighted by atomic mass is 10.2. The number of carbonyl (C=O) groups is 3. The lowest BCUT2D eigenvalue weighted by Crippen LogP contribution is -2.25. The number of methoxy groups -OCH3 is 1. The molecule has 37 heavy (non-hydrogen) atoms. The van der Waals surface area contributed by atoms with Crippen molar-refractivity contribution in [3.63, 3.8) is 0 Å². The number of fused-ring (bicyclic) bond motifs is 1. The number of aromatic nitrogens is 3. The SMILES string of the molecule is COC(=O)CCCCC(=O)Nc1ccc(Nc2ncc3cc(C(=O)N(C)C)n(C4CCCC4)c3n2)cc1. The van der Waals surface area contributed by atoms with Crippen molar-refractivity contribution in [2.45, 2.75) is 57.4 Å². The fraction of sp³-hybridized carbons (Fsp3) is 0.444. The van der Waals surface area contributed by atoms with Crippen molar-refractivity contribution < 1.29 is 19.1 Å². The largest absolute Gasteiger partial charge is 0.469 e. The summed E-state index contributed by atoms with van der Waals surface area (Å²) in [5, 5.41) is 6.93. The number of esters is 1. The van der Waals surface area contributed by atoms with Crippen LogP contribution in [-0.4, -0.2) is 58.4 Å². The highest BCUT2D eigenvalue weighted by atomic mass is 16.5. The molecule has 1 fully saturated rings. The van der Waals surface area contributed by atoms with Gasteiger partial charge in [-0.3, -0.25) is 14.4 Å². The minimum atomic E-state index is -0.263. The molecule has 1 saturated carbocycles. The summed E-state index contributed by atoms with van der Waals surface area (Å²) in [4.78, 5) is 47.0. The molecular formula is C27H34N6O4. The highest BCUT2D eigenvalue weighted by Crippen LogP contribution is 2.35. The van der Waals surface area contributed by atoms with Crippen LogP contribution < -0.4 is 10.6 Å². The fourth-order valence-corrected chi connectivity index (χ4v) is 4.64. The molecule has 0 atom stereocenters. The number of benzene rings is 1. The molecule has 10 heteroatoms. The predicted octanol–water partition coefficient (Wildman–Crippen LogP) is 4.66. The molecule has 1 aliphatic carbocycles. The van der Waals surface area contributed by atoms with Crippen molar-refractivity contribution in [2.24, 2.45) is 0 Å². The normalized spacial score (nSPS) is 13.5. The zero-order valence-corrected chi connectivity index (χ0v) is 21.6. The van der Waals surface area contributed by atoms with Crippen LogP contribution in [0.3, 0.4) is 0 Å². The van der Waals surface area contributed by atoms with Crippen LogP contribution >= 0.6 is 0 Å². The summed E-state index contributed by atoms with van der Waals surface area (Å²) in [7, 11) is 4.88. The van der Waals surface area contributed by atoms with Crippen molar-refractivity contribution >= 4 is 46.1 Å². The van der Waals surface area contributed by atoms with E-state index in [1.807, 2.05) is 30.3 Å². The molecule has 2 N–H and O–H groups in total. The monoisotopic (exact) mass is 506 g/mol. The molecule has 0 unspecified atom stereocenters. The van der Waals surface area contributed by atoms with E-state index >= 15 is 0 Å². The molecule has 2 heterocycles. The molecule has 2 amide bonds. The molecule has 1 aliphatic rings. The molecule has 196 valence electrons. The van der Waals surface area contributed by atoms with E-state index in [1.165, 1.54) is 7.11 Å². The maximum Gasteiger partial charge on any atom is 0.305 e. The van der Waals surface area contributed by atoms with Crippen molar-refractivity contribution in [3.8, 4) is 0 Å². The Morgan fingerprint density at radius 2 is 1.73 bits per heavy atom. The van der Waals surface area contributed by atoms with Crippen molar-refractivity contribution in [1.29, 1.82) is 0 Å². The summed E-state index contributed by atoms with van der Waals surface area (Å²) in [6, 6.07) is 9.44. The lowest BCUT2D eigenvalue weighted by molar-refractivity contribution is -0.140. The Morgan fingerprint density at radius 1 is 1.05 bits per heavy atom. The van der Waals surface area contributed by atoms with Crippen LogP contribution in [-0.2, 0) is 14.3 Å². The number of ether oxygens (including phenoxy) is 1. The highest BCUT2D eigenvalue weighted by Gasteiger charge is 2.26. The van der Waals surface area contributed by atoms with Gasteiger partial charge < -0.3 is 24.8 Å². The van der Waals surface area contributed by atoms with Crippen LogP contribution in [0.1, 0.15) is 67.9 Å². The Labute approximate surface area is 216 Å². The molecule has 0 bridgehead atoms. The maximum absolute atomic E-state index is 12.9. The van der Waals surface area contributed by atoms with E-state index in [2.05, 4.69) is 24.9 Å². The van der Waals surface area contributed by atoms with Gasteiger partial charge in [0.2, 0.25) is 11.9 Å². The van der Waals surface area contributed by atoms with E-state index in [9.17, 15) is 14.4 Å². The molecule has 0 saturated heterocycles. The summed E-state index contributed by atoms with van der Waals surface area (Å²) in [6.45, 7) is 0. The van der Waals surface area contributed by atoms with Gasteiger partial charge in [0, 0.05) is 55.9 Å². The zero-order valence-electron chi connectivity index (χ0n) is 21.6. The van der Waals surface area contributed by atoms with Crippen molar-refractivity contribution in [3.05, 3.63) is 42.2 Å². The average molecular weight is 507 g/mol. The topological polar surface area (TPSA) is 118 Å². The molecule has 3 aromatic rings. The summed E-state index contributed by atoms with van der Waals surface area (Å²) < 4.78 is 6.69. The minimum absolute atomic E-state index is 0.0412. The van der Waals surface area contributed by atoms with E-state index in [0.29, 0.717) is 43.0 Å². The van der Waals surface area contributed by atoms with Crippen LogP contribution in [0.4, 0.5) is 17.3 Å². The maximum atomic E-state index is 12.9. The van der Waals surface area contributed by atoms with Crippen LogP contribution in [0.15, 0.2) is 36.5 Å². The number of unbranched alkanes of at least 4 members (excludes halogenated alkanes) is 1. The van der Waals surface area contributed by atoms with E-state index in [1.54, 1.807) is 25.2 Å². The number of carbonyl (C=O) groups excluding carboxylic acids is 3. The lowest BCUT2D eigenvalue weighted by Gasteiger charge is -2.19. The third-order valence-electron chi connectivity index (χ3n) is 6.58. The molecule has 0 spiro atoms. The van der Waals surface area contributed by atoms with Crippen LogP contribution in [0.25, 0.3) is 11.0 Å². The first-order chi connectivity index (χ1) is 17.9. The van der Waals surface area contributed by atoms with Gasteiger partial charge in [-0.05, 0) is 56.0 Å². The number of anilines is 3. The van der Waals surface area contributed by atoms with Gasteiger partial charge in [-0.15, -0.1) is 0 Å². The molecule has 1 aromatic carbocycles. The van der Waals surface area contributed by atoms with Gasteiger partial charge in [-0.2, -0.15) is 4.98 Å². The first kappa shape index (κ1) is 26.1. The summed E-state index contributed by atoms with van der Waals surface area (Å²) in [5.41, 5.74) is 2.86. The summed E-state index contributed by atoms with van der Waals surface area (Å²) >= 11 is 0. The second-order valence-electron chi connectivity index (χ2n) is 9.54. The Bertz CT molecular complexity index is 1260. The Balaban J connectivity index is 1.43. The Morgan fingerprint density at radius 3 is 2.41 bits per heavy atom. The van der Waals surface area contributed by atoms with Gasteiger partial charge >= 0.3 is 5.97 Å². The molecular weight excluding hydrogens is 472 g/mol. The number of rotatable bonds is 10. The Hall–Kier alpha value is -3.95. The number of nitrogens with zero attached hydrogens (tertiary/aromatic N) is 4. The second-order valence-corrected chi connectivity index (χ2v) is 9.54. The number of nitrogens with one attached hydrogen (secondary N) is 2. The third-order valence-corrected chi connectivity index (χ3v) is 6.58. The fourth-order valence-electron chi connectivity index (χ4n) is 4.64. The van der Waals surface area contributed by atoms with Gasteiger partial charge in [0.15, 0.2) is 0 Å². The van der Waals surface area contributed by atoms with Crippen molar-refractivity contribution in [2.75, 3.05) is 31.8 Å². The Kier molecular flexibility index (Phi) is 8.37. The molecule has 0 aliphatic heterocycles. The standard InChI is InChI=1S/C27H34N6O4/c1-32(2)26(36)22-16-18-17-28-27(31-25(18)33(22)21-8-4-5-9-21)30-20-14-12-19(13-15-20)29-23(34)10-6-7-11-24(35)37-3/h12-17,21H,4-11H2,1-3H3,(H,29,34)(H,28,30,31). The predicted molar refractivity (Wildman–Crippen MR) is 142 cm³/mol. The second kappa shape index (κ2) is 11.9. The molecule has 2 aromatic heterocycles. The van der Waals surface area contributed by atoms with Crippen LogP contribution in [0.2, 0.25) is 0 Å². The van der Waals surface area contributed by atoms with Crippen LogP contribution in [0, 0.1) is 0 Å². The van der Waals surface area contributed by atoms with E-state index in [4.69, 9.17) is 4.98 Å². The summed E-state index contributed by atoms with van der Waals surface area (Å²) in [6.07, 6.45) is 7.98. The first-order valence-corrected chi connectivity index (χ1v) is 12.7. The molecule has 4 rings (SSSR count). The van der Waals surface area contributed by atoms with Crippen molar-refractivity contribution in [1.82, 2.24) is 19.4 Å². The van der Waals surface area contributed by atoms with Gasteiger partial charge in [0.05, 0.1) is 7.11 Å². The van der Waals surface area contributed by atoms with Crippen LogP contribution in [0.5, 0.6) is 0 Å². The smallest absolute Gasteiger partial charge is 0.305 e. The van der Waals surface area contributed by atoms with Gasteiger partial charge in [-0.25, -0.2) is 4.98 Å². The quantitative estimate of drug-likeness (QED) is 0.303. The number of hydrogen-bond acceptors (Lipinski definition) is 7. The highest BCUT2D eigenvalue weighted by molar-refractivity contribution is 5.98. The average Bonchev–Trinajstić information content (AvgIpc) is 3.54. The van der Waals surface area contributed by atoms with E-state index < -0.39 is 0 Å². The third kappa shape index (κ3) is 6.44. The molecule has 10 nitrogen and oxygen atoms in total. The molecule has 0 radical (unpaired) electrons. The number of amides is 2. The van der Waals surface area contributed by atoms with E-state index in [-0.39, 0.29) is 23.8 Å². The minimum Gasteiger partial charge on any atom is -0.469 e. The van der Waals surface area contributed by atoms with E-state index in [0.717, 1.165) is 42.4 Å². The van der Waals surface area contributed by atoms with Gasteiger partial charge in [0.1, 0.15) is 11.3 Å².